The molecule has 13 heavy (non-hydrogen) atoms. The third-order valence-corrected chi connectivity index (χ3v) is 1.90. The van der Waals surface area contributed by atoms with E-state index in [0.29, 0.717) is 5.70 Å². The molecule has 0 aromatic rings. The van der Waals surface area contributed by atoms with Crippen LogP contribution in [0.5, 0.6) is 0 Å². The lowest BCUT2D eigenvalue weighted by Crippen LogP contribution is -2.45. The van der Waals surface area contributed by atoms with E-state index in [9.17, 15) is 14.9 Å². The van der Waals surface area contributed by atoms with Gasteiger partial charge in [0, 0.05) is 16.7 Å². The summed E-state index contributed by atoms with van der Waals surface area (Å²) in [7, 11) is 0. The van der Waals surface area contributed by atoms with Gasteiger partial charge in [-0.1, -0.05) is 6.08 Å². The van der Waals surface area contributed by atoms with Crippen LogP contribution in [0, 0.1) is 10.1 Å². The van der Waals surface area contributed by atoms with Crippen LogP contribution in [0.15, 0.2) is 23.9 Å². The second kappa shape index (κ2) is 2.89. The summed E-state index contributed by atoms with van der Waals surface area (Å²) in [6, 6.07) is 0. The second-order valence-electron chi connectivity index (χ2n) is 2.73. The van der Waals surface area contributed by atoms with E-state index in [2.05, 4.69) is 0 Å². The Kier molecular flexibility index (Phi) is 2.05. The minimum Gasteiger partial charge on any atom is -0.476 e. The number of nitrogens with two attached hydrogens (primary N) is 1. The van der Waals surface area contributed by atoms with E-state index in [4.69, 9.17) is 10.8 Å². The summed E-state index contributed by atoms with van der Waals surface area (Å²) in [5.41, 5.74) is 3.62. The second-order valence-corrected chi connectivity index (χ2v) is 2.73. The van der Waals surface area contributed by atoms with Crippen LogP contribution in [-0.2, 0) is 4.79 Å². The Hall–Kier alpha value is -1.85. The fourth-order valence-corrected chi connectivity index (χ4v) is 1.02. The number of carboxylic acid groups (broad SMARTS) is 1. The van der Waals surface area contributed by atoms with Crippen LogP contribution in [0.2, 0.25) is 0 Å². The maximum absolute atomic E-state index is 10.7. The fraction of sp³-hybridized carbons (Fsp3) is 0.286. The van der Waals surface area contributed by atoms with Crippen molar-refractivity contribution in [2.45, 2.75) is 12.0 Å². The Labute approximate surface area is 73.5 Å². The standard InChI is InChI=1S/C7H8N2O4/c8-5-1-3-7(4-2-5,6(10)11)9(12)13/h1-3H,4,8H2,(H,10,11). The molecule has 0 radical (unpaired) electrons. The van der Waals surface area contributed by atoms with Crippen molar-refractivity contribution in [3.63, 3.8) is 0 Å². The normalized spacial score (nSPS) is 26.6. The molecule has 6 nitrogen and oxygen atoms in total. The number of nitro groups is 1. The molecule has 0 aromatic carbocycles. The van der Waals surface area contributed by atoms with Gasteiger partial charge in [0.25, 0.3) is 0 Å². The highest BCUT2D eigenvalue weighted by molar-refractivity contribution is 5.80. The largest absolute Gasteiger partial charge is 0.476 e. The Morgan fingerprint density at radius 3 is 2.69 bits per heavy atom. The molecule has 0 saturated carbocycles. The first-order valence-corrected chi connectivity index (χ1v) is 3.52. The van der Waals surface area contributed by atoms with Gasteiger partial charge in [0.15, 0.2) is 0 Å². The molecule has 1 atom stereocenters. The van der Waals surface area contributed by atoms with E-state index in [-0.39, 0.29) is 6.42 Å². The minimum absolute atomic E-state index is 0.211. The van der Waals surface area contributed by atoms with Crippen LogP contribution in [0.1, 0.15) is 6.42 Å². The lowest BCUT2D eigenvalue weighted by molar-refractivity contribution is -0.540. The molecule has 0 aromatic heterocycles. The van der Waals surface area contributed by atoms with Crippen molar-refractivity contribution in [2.24, 2.45) is 5.73 Å². The maximum atomic E-state index is 10.7. The van der Waals surface area contributed by atoms with Crippen LogP contribution < -0.4 is 5.73 Å². The van der Waals surface area contributed by atoms with Crippen molar-refractivity contribution < 1.29 is 14.8 Å². The molecule has 1 aliphatic carbocycles. The van der Waals surface area contributed by atoms with E-state index < -0.39 is 16.4 Å². The number of carbonyl (C=O) groups is 1. The molecule has 6 heteroatoms. The molecule has 1 rings (SSSR count). The van der Waals surface area contributed by atoms with E-state index >= 15 is 0 Å². The zero-order valence-corrected chi connectivity index (χ0v) is 6.64. The molecule has 0 heterocycles. The third-order valence-electron chi connectivity index (χ3n) is 1.90. The highest BCUT2D eigenvalue weighted by Crippen LogP contribution is 2.23. The van der Waals surface area contributed by atoms with Crippen LogP contribution >= 0.6 is 0 Å². The number of rotatable bonds is 2. The molecule has 0 fully saturated rings. The van der Waals surface area contributed by atoms with Gasteiger partial charge in [-0.15, -0.1) is 0 Å². The van der Waals surface area contributed by atoms with Crippen molar-refractivity contribution in [1.29, 1.82) is 0 Å². The van der Waals surface area contributed by atoms with Gasteiger partial charge >= 0.3 is 11.5 Å². The van der Waals surface area contributed by atoms with E-state index in [0.717, 1.165) is 6.08 Å². The quantitative estimate of drug-likeness (QED) is 0.460. The van der Waals surface area contributed by atoms with Gasteiger partial charge in [-0.2, -0.15) is 0 Å². The maximum Gasteiger partial charge on any atom is 0.387 e. The fourth-order valence-electron chi connectivity index (χ4n) is 1.02. The van der Waals surface area contributed by atoms with Crippen molar-refractivity contribution in [2.75, 3.05) is 0 Å². The molecular weight excluding hydrogens is 176 g/mol. The van der Waals surface area contributed by atoms with Crippen LogP contribution in [-0.4, -0.2) is 21.5 Å². The zero-order valence-electron chi connectivity index (χ0n) is 6.64. The van der Waals surface area contributed by atoms with Crippen LogP contribution in [0.25, 0.3) is 0 Å². The highest BCUT2D eigenvalue weighted by atomic mass is 16.6. The number of hydrogen-bond donors (Lipinski definition) is 2. The lowest BCUT2D eigenvalue weighted by Gasteiger charge is -2.18. The van der Waals surface area contributed by atoms with Crippen LogP contribution in [0.4, 0.5) is 0 Å². The van der Waals surface area contributed by atoms with Crippen molar-refractivity contribution in [3.05, 3.63) is 34.0 Å². The summed E-state index contributed by atoms with van der Waals surface area (Å²) in [6.07, 6.45) is 3.36. The Morgan fingerprint density at radius 1 is 1.77 bits per heavy atom. The van der Waals surface area contributed by atoms with Crippen molar-refractivity contribution in [1.82, 2.24) is 0 Å². The first-order chi connectivity index (χ1) is 5.99. The van der Waals surface area contributed by atoms with Crippen LogP contribution in [0.3, 0.4) is 0 Å². The number of allylic oxidation sites excluding steroid dienone is 1. The summed E-state index contributed by atoms with van der Waals surface area (Å²) in [6.45, 7) is 0. The average Bonchev–Trinajstić information content (AvgIpc) is 2.04. The number of aliphatic carboxylic acids is 1. The van der Waals surface area contributed by atoms with Gasteiger partial charge in [0.05, 0.1) is 6.42 Å². The monoisotopic (exact) mass is 184 g/mol. The average molecular weight is 184 g/mol. The van der Waals surface area contributed by atoms with Gasteiger partial charge in [-0.3, -0.25) is 10.1 Å². The zero-order chi connectivity index (χ0) is 10.1. The minimum atomic E-state index is -2.04. The van der Waals surface area contributed by atoms with Gasteiger partial charge in [-0.05, 0) is 6.08 Å². The SMILES string of the molecule is NC1=CCC(C(=O)O)([N+](=O)[O-])C=C1. The van der Waals surface area contributed by atoms with E-state index in [1.54, 1.807) is 0 Å². The first-order valence-electron chi connectivity index (χ1n) is 3.52. The summed E-state index contributed by atoms with van der Waals surface area (Å²) < 4.78 is 0. The van der Waals surface area contributed by atoms with E-state index in [1.807, 2.05) is 0 Å². The Bertz CT molecular complexity index is 304. The van der Waals surface area contributed by atoms with E-state index in [1.165, 1.54) is 12.2 Å². The molecule has 3 N–H and O–H groups in total. The third kappa shape index (κ3) is 1.37. The van der Waals surface area contributed by atoms with Gasteiger partial charge < -0.3 is 10.8 Å². The van der Waals surface area contributed by atoms with Crippen molar-refractivity contribution in [3.8, 4) is 0 Å². The lowest BCUT2D eigenvalue weighted by atomic mass is 9.91. The summed E-state index contributed by atoms with van der Waals surface area (Å²) in [5.74, 6) is -1.47. The molecule has 70 valence electrons. The first kappa shape index (κ1) is 9.24. The van der Waals surface area contributed by atoms with Gasteiger partial charge in [-0.25, -0.2) is 4.79 Å². The Morgan fingerprint density at radius 2 is 2.38 bits per heavy atom. The summed E-state index contributed by atoms with van der Waals surface area (Å²) >= 11 is 0. The topological polar surface area (TPSA) is 106 Å². The van der Waals surface area contributed by atoms with Gasteiger partial charge in [0.2, 0.25) is 0 Å². The number of nitrogens with zero attached hydrogens (tertiary/aromatic N) is 1. The molecule has 0 aliphatic heterocycles. The molecule has 0 spiro atoms. The smallest absolute Gasteiger partial charge is 0.387 e. The molecule has 0 saturated heterocycles. The van der Waals surface area contributed by atoms with Gasteiger partial charge in [0.1, 0.15) is 0 Å². The number of carboxylic acids is 1. The molecule has 0 bridgehead atoms. The summed E-state index contributed by atoms with van der Waals surface area (Å²) in [5, 5.41) is 19.2. The molecular formula is C7H8N2O4. The Balaban J connectivity index is 3.05. The highest BCUT2D eigenvalue weighted by Gasteiger charge is 2.49. The molecule has 1 unspecified atom stereocenters. The molecule has 0 amide bonds. The predicted octanol–water partition coefficient (Wildman–Crippen LogP) is -0.111. The predicted molar refractivity (Wildman–Crippen MR) is 43.4 cm³/mol. The molecule has 1 aliphatic rings. The number of hydrogen-bond acceptors (Lipinski definition) is 4. The van der Waals surface area contributed by atoms with Crippen molar-refractivity contribution >= 4 is 5.97 Å². The summed E-state index contributed by atoms with van der Waals surface area (Å²) in [4.78, 5) is 20.4.